The average molecular weight is 556 g/mol. The van der Waals surface area contributed by atoms with E-state index < -0.39 is 6.04 Å². The number of aryl methyl sites for hydroxylation is 1. The molecule has 1 N–H and O–H groups in total. The molecule has 0 spiro atoms. The number of Topliss-reactive ketones (excluding diaryl/α,β-unsaturated/α-hetero) is 1. The highest BCUT2D eigenvalue weighted by molar-refractivity contribution is 6.31. The number of halogens is 1. The second-order valence-electron chi connectivity index (χ2n) is 10.8. The van der Waals surface area contributed by atoms with Gasteiger partial charge in [-0.2, -0.15) is 0 Å². The average Bonchev–Trinajstić information content (AvgIpc) is 3.27. The summed E-state index contributed by atoms with van der Waals surface area (Å²) >= 11 is 6.18. The molecule has 1 saturated carbocycles. The summed E-state index contributed by atoms with van der Waals surface area (Å²) in [5, 5.41) is 3.37. The summed E-state index contributed by atoms with van der Waals surface area (Å²) in [6.07, 6.45) is 8.66. The number of ketones is 1. The van der Waals surface area contributed by atoms with Gasteiger partial charge in [-0.15, -0.1) is 0 Å². The normalized spacial score (nSPS) is 21.1. The van der Waals surface area contributed by atoms with Crippen molar-refractivity contribution in [1.29, 1.82) is 0 Å². The molecule has 4 aromatic rings. The molecule has 1 aromatic carbocycles. The molecule has 1 atom stereocenters. The van der Waals surface area contributed by atoms with Gasteiger partial charge in [-0.3, -0.25) is 24.4 Å². The van der Waals surface area contributed by atoms with E-state index in [1.165, 1.54) is 0 Å². The highest BCUT2D eigenvalue weighted by Crippen LogP contribution is 2.35. The molecule has 2 aliphatic rings. The lowest BCUT2D eigenvalue weighted by molar-refractivity contribution is -0.120. The predicted octanol–water partition coefficient (Wildman–Crippen LogP) is 5.32. The van der Waals surface area contributed by atoms with Crippen molar-refractivity contribution in [3.63, 3.8) is 0 Å². The first kappa shape index (κ1) is 26.2. The zero-order valence-electron chi connectivity index (χ0n) is 22.2. The van der Waals surface area contributed by atoms with Crippen molar-refractivity contribution in [3.8, 4) is 0 Å². The summed E-state index contributed by atoms with van der Waals surface area (Å²) < 4.78 is 1.95. The first-order chi connectivity index (χ1) is 19.4. The molecule has 2 amide bonds. The third-order valence-electron chi connectivity index (χ3n) is 8.22. The monoisotopic (exact) mass is 555 g/mol. The van der Waals surface area contributed by atoms with Crippen molar-refractivity contribution in [3.05, 3.63) is 89.0 Å². The number of amides is 2. The number of benzene rings is 1. The summed E-state index contributed by atoms with van der Waals surface area (Å²) in [5.41, 5.74) is 3.95. The number of carbonyl (C=O) groups excluding carboxylic acids is 3. The minimum Gasteiger partial charge on any atom is -0.348 e. The lowest BCUT2D eigenvalue weighted by Crippen LogP contribution is -2.49. The van der Waals surface area contributed by atoms with Gasteiger partial charge < -0.3 is 14.8 Å². The van der Waals surface area contributed by atoms with E-state index in [0.29, 0.717) is 34.8 Å². The Morgan fingerprint density at radius 1 is 1.02 bits per heavy atom. The van der Waals surface area contributed by atoms with Crippen LogP contribution in [-0.2, 0) is 18.3 Å². The van der Waals surface area contributed by atoms with Crippen molar-refractivity contribution in [2.24, 2.45) is 18.9 Å². The Labute approximate surface area is 237 Å². The summed E-state index contributed by atoms with van der Waals surface area (Å²) in [7, 11) is 1.93. The molecule has 1 aliphatic heterocycles. The van der Waals surface area contributed by atoms with Gasteiger partial charge in [0.25, 0.3) is 5.91 Å². The molecule has 1 aliphatic carbocycles. The molecule has 0 saturated heterocycles. The first-order valence-electron chi connectivity index (χ1n) is 13.6. The van der Waals surface area contributed by atoms with E-state index in [0.717, 1.165) is 42.4 Å². The summed E-state index contributed by atoms with van der Waals surface area (Å²) in [6.45, 7) is 0.433. The molecule has 8 nitrogen and oxygen atoms in total. The molecular weight excluding hydrogens is 526 g/mol. The maximum absolute atomic E-state index is 13.9. The molecule has 0 radical (unpaired) electrons. The van der Waals surface area contributed by atoms with Crippen LogP contribution < -0.4 is 5.32 Å². The molecule has 6 rings (SSSR count). The third kappa shape index (κ3) is 4.99. The topological polar surface area (TPSA) is 97.2 Å². The van der Waals surface area contributed by atoms with Crippen LogP contribution in [0.1, 0.15) is 52.1 Å². The summed E-state index contributed by atoms with van der Waals surface area (Å²) in [6, 6.07) is 13.7. The van der Waals surface area contributed by atoms with E-state index in [4.69, 9.17) is 11.6 Å². The van der Waals surface area contributed by atoms with Crippen LogP contribution in [0.15, 0.2) is 67.1 Å². The number of fused-ring (bicyclic) bond motifs is 2. The number of nitrogens with zero attached hydrogens (tertiary/aromatic N) is 4. The maximum atomic E-state index is 13.9. The number of pyridine rings is 2. The van der Waals surface area contributed by atoms with E-state index in [1.807, 2.05) is 48.1 Å². The highest BCUT2D eigenvalue weighted by atomic mass is 35.5. The first-order valence-corrected chi connectivity index (χ1v) is 14.0. The van der Waals surface area contributed by atoms with Crippen LogP contribution in [0.2, 0.25) is 5.02 Å². The van der Waals surface area contributed by atoms with E-state index >= 15 is 0 Å². The molecule has 40 heavy (non-hydrogen) atoms. The van der Waals surface area contributed by atoms with Crippen LogP contribution in [0.25, 0.3) is 11.0 Å². The van der Waals surface area contributed by atoms with E-state index in [2.05, 4.69) is 15.3 Å². The van der Waals surface area contributed by atoms with Gasteiger partial charge in [0.2, 0.25) is 5.91 Å². The summed E-state index contributed by atoms with van der Waals surface area (Å²) in [4.78, 5) is 51.4. The second-order valence-corrected chi connectivity index (χ2v) is 11.2. The Hall–Kier alpha value is -4.04. The van der Waals surface area contributed by atoms with E-state index in [-0.39, 0.29) is 29.4 Å². The number of hydrogen-bond acceptors (Lipinski definition) is 5. The Morgan fingerprint density at radius 3 is 2.60 bits per heavy atom. The van der Waals surface area contributed by atoms with Crippen molar-refractivity contribution in [2.75, 3.05) is 11.9 Å². The zero-order chi connectivity index (χ0) is 27.8. The smallest absolute Gasteiger partial charge is 0.256 e. The number of nitrogens with one attached hydrogen (secondary N) is 1. The summed E-state index contributed by atoms with van der Waals surface area (Å²) in [5.74, 6) is -0.240. The molecule has 3 aromatic heterocycles. The van der Waals surface area contributed by atoms with Gasteiger partial charge in [-0.05, 0) is 74.1 Å². The van der Waals surface area contributed by atoms with Gasteiger partial charge in [0.15, 0.2) is 5.78 Å². The van der Waals surface area contributed by atoms with Crippen LogP contribution in [0.4, 0.5) is 5.69 Å². The fourth-order valence-electron chi connectivity index (χ4n) is 6.09. The van der Waals surface area contributed by atoms with Crippen molar-refractivity contribution in [2.45, 2.75) is 38.1 Å². The van der Waals surface area contributed by atoms with E-state index in [1.54, 1.807) is 35.5 Å². The van der Waals surface area contributed by atoms with Gasteiger partial charge in [0.05, 0.1) is 27.8 Å². The second kappa shape index (κ2) is 10.8. The standard InChI is InChI=1S/C31H30ClN5O3/c1-36-18-24(28-26(36)6-4-14-34-28)29(38)20-9-7-19(8-10-20)17-37-27(16-22-5-2-3-13-33-22)30(39)35-25-15-21(32)11-12-23(25)31(37)40/h2-6,11-15,18-20,27H,7-10,16-17H2,1H3,(H,35,39). The molecule has 204 valence electrons. The number of rotatable bonds is 6. The Bertz CT molecular complexity index is 1590. The Balaban J connectivity index is 1.21. The van der Waals surface area contributed by atoms with Crippen LogP contribution >= 0.6 is 11.6 Å². The lowest BCUT2D eigenvalue weighted by Gasteiger charge is -2.35. The Morgan fingerprint density at radius 2 is 1.82 bits per heavy atom. The largest absolute Gasteiger partial charge is 0.348 e. The minimum absolute atomic E-state index is 0.0841. The molecule has 1 fully saturated rings. The van der Waals surface area contributed by atoms with Crippen molar-refractivity contribution in [1.82, 2.24) is 19.4 Å². The third-order valence-corrected chi connectivity index (χ3v) is 8.46. The number of aromatic nitrogens is 3. The van der Waals surface area contributed by atoms with Crippen molar-refractivity contribution < 1.29 is 14.4 Å². The van der Waals surface area contributed by atoms with Crippen molar-refractivity contribution >= 4 is 45.9 Å². The number of anilines is 1. The van der Waals surface area contributed by atoms with Crippen LogP contribution in [-0.4, -0.2) is 49.6 Å². The highest BCUT2D eigenvalue weighted by Gasteiger charge is 2.38. The number of carbonyl (C=O) groups is 3. The van der Waals surface area contributed by atoms with Gasteiger partial charge in [0.1, 0.15) is 6.04 Å². The number of hydrogen-bond donors (Lipinski definition) is 1. The van der Waals surface area contributed by atoms with Crippen LogP contribution in [0, 0.1) is 11.8 Å². The van der Waals surface area contributed by atoms with Gasteiger partial charge >= 0.3 is 0 Å². The fraction of sp³-hybridized carbons (Fsp3) is 0.323. The van der Waals surface area contributed by atoms with Crippen LogP contribution in [0.3, 0.4) is 0 Å². The maximum Gasteiger partial charge on any atom is 0.256 e. The molecular formula is C31H30ClN5O3. The van der Waals surface area contributed by atoms with Gasteiger partial charge in [-0.25, -0.2) is 0 Å². The molecule has 1 unspecified atom stereocenters. The van der Waals surface area contributed by atoms with E-state index in [9.17, 15) is 14.4 Å². The zero-order valence-corrected chi connectivity index (χ0v) is 23.0. The quantitative estimate of drug-likeness (QED) is 0.325. The minimum atomic E-state index is -0.713. The van der Waals surface area contributed by atoms with Crippen LogP contribution in [0.5, 0.6) is 0 Å². The van der Waals surface area contributed by atoms with Gasteiger partial charge in [-0.1, -0.05) is 17.7 Å². The fourth-order valence-corrected chi connectivity index (χ4v) is 6.26. The molecule has 9 heteroatoms. The molecule has 4 heterocycles. The lowest BCUT2D eigenvalue weighted by atomic mass is 9.78. The van der Waals surface area contributed by atoms with Gasteiger partial charge in [0, 0.05) is 55.2 Å². The predicted molar refractivity (Wildman–Crippen MR) is 153 cm³/mol. The molecule has 0 bridgehead atoms. The SMILES string of the molecule is Cn1cc(C(=O)C2CCC(CN3C(=O)c4ccc(Cl)cc4NC(=O)C3Cc3ccccn3)CC2)c2ncccc21. The Kier molecular flexibility index (Phi) is 7.11.